The molecule has 1 aliphatic rings. The van der Waals surface area contributed by atoms with E-state index in [-0.39, 0.29) is 5.97 Å². The predicted octanol–water partition coefficient (Wildman–Crippen LogP) is 1.81. The summed E-state index contributed by atoms with van der Waals surface area (Å²) in [6, 6.07) is 0. The zero-order valence-corrected chi connectivity index (χ0v) is 13.5. The molecular weight excluding hydrogens is 357 g/mol. The maximum atomic E-state index is 12.4. The SMILES string of the molecule is CCNC(Cn1cc(I)cn1)(C(=O)OCC)C1CC1. The number of hydrogen-bond donors (Lipinski definition) is 1. The van der Waals surface area contributed by atoms with Crippen LogP contribution in [0.5, 0.6) is 0 Å². The second-order valence-corrected chi connectivity index (χ2v) is 6.10. The lowest BCUT2D eigenvalue weighted by molar-refractivity contribution is -0.153. The fourth-order valence-electron chi connectivity index (χ4n) is 2.46. The van der Waals surface area contributed by atoms with Crippen LogP contribution in [-0.2, 0) is 16.1 Å². The van der Waals surface area contributed by atoms with Crippen molar-refractivity contribution in [2.45, 2.75) is 38.8 Å². The largest absolute Gasteiger partial charge is 0.465 e. The van der Waals surface area contributed by atoms with Gasteiger partial charge in [0.25, 0.3) is 0 Å². The third-order valence-corrected chi connectivity index (χ3v) is 3.98. The molecule has 1 fully saturated rings. The lowest BCUT2D eigenvalue weighted by atomic mass is 9.93. The van der Waals surface area contributed by atoms with Gasteiger partial charge >= 0.3 is 5.97 Å². The molecule has 1 saturated carbocycles. The Morgan fingerprint density at radius 2 is 2.37 bits per heavy atom. The monoisotopic (exact) mass is 377 g/mol. The molecule has 1 N–H and O–H groups in total. The molecule has 0 aromatic carbocycles. The van der Waals surface area contributed by atoms with Crippen LogP contribution in [0.3, 0.4) is 0 Å². The summed E-state index contributed by atoms with van der Waals surface area (Å²) < 4.78 is 8.20. The maximum absolute atomic E-state index is 12.4. The molecule has 106 valence electrons. The standard InChI is InChI=1S/C13H20IN3O2/c1-3-15-13(10-5-6-10,12(18)19-4-2)9-17-8-11(14)7-16-17/h7-8,10,15H,3-6,9H2,1-2H3. The predicted molar refractivity (Wildman–Crippen MR) is 80.7 cm³/mol. The van der Waals surface area contributed by atoms with Crippen molar-refractivity contribution in [3.8, 4) is 0 Å². The van der Waals surface area contributed by atoms with Gasteiger partial charge < -0.3 is 10.1 Å². The second-order valence-electron chi connectivity index (χ2n) is 4.85. The van der Waals surface area contributed by atoms with E-state index in [4.69, 9.17) is 4.74 Å². The fourth-order valence-corrected chi connectivity index (χ4v) is 2.91. The van der Waals surface area contributed by atoms with Crippen molar-refractivity contribution < 1.29 is 9.53 Å². The first kappa shape index (κ1) is 14.8. The molecule has 0 saturated heterocycles. The van der Waals surface area contributed by atoms with Crippen molar-refractivity contribution >= 4 is 28.6 Å². The van der Waals surface area contributed by atoms with Crippen LogP contribution in [0.4, 0.5) is 0 Å². The highest BCUT2D eigenvalue weighted by Gasteiger charge is 2.52. The zero-order chi connectivity index (χ0) is 13.9. The first-order valence-corrected chi connectivity index (χ1v) is 7.80. The minimum Gasteiger partial charge on any atom is -0.465 e. The van der Waals surface area contributed by atoms with E-state index in [1.165, 1.54) is 0 Å². The molecule has 0 amide bonds. The molecule has 0 radical (unpaired) electrons. The number of hydrogen-bond acceptors (Lipinski definition) is 4. The Bertz CT molecular complexity index is 445. The van der Waals surface area contributed by atoms with Crippen LogP contribution in [0.1, 0.15) is 26.7 Å². The second kappa shape index (κ2) is 6.21. The van der Waals surface area contributed by atoms with Crippen molar-refractivity contribution in [3.05, 3.63) is 16.0 Å². The third kappa shape index (κ3) is 3.28. The van der Waals surface area contributed by atoms with E-state index in [1.54, 1.807) is 6.20 Å². The normalized spacial score (nSPS) is 18.1. The number of esters is 1. The number of nitrogens with zero attached hydrogens (tertiary/aromatic N) is 2. The summed E-state index contributed by atoms with van der Waals surface area (Å²) in [5, 5.41) is 7.66. The highest BCUT2D eigenvalue weighted by molar-refractivity contribution is 14.1. The molecular formula is C13H20IN3O2. The zero-order valence-electron chi connectivity index (χ0n) is 11.4. The third-order valence-electron chi connectivity index (χ3n) is 3.42. The molecule has 2 rings (SSSR count). The molecule has 0 aliphatic heterocycles. The number of likely N-dealkylation sites (N-methyl/N-ethyl adjacent to an activating group) is 1. The number of halogens is 1. The molecule has 0 bridgehead atoms. The lowest BCUT2D eigenvalue weighted by Gasteiger charge is -2.32. The molecule has 1 aromatic heterocycles. The first-order chi connectivity index (χ1) is 9.12. The van der Waals surface area contributed by atoms with Gasteiger partial charge in [-0.15, -0.1) is 0 Å². The van der Waals surface area contributed by atoms with Crippen molar-refractivity contribution in [3.63, 3.8) is 0 Å². The first-order valence-electron chi connectivity index (χ1n) is 6.72. The van der Waals surface area contributed by atoms with E-state index in [0.717, 1.165) is 23.0 Å². The number of rotatable bonds is 7. The van der Waals surface area contributed by atoms with Gasteiger partial charge in [-0.2, -0.15) is 5.10 Å². The molecule has 1 atom stereocenters. The summed E-state index contributed by atoms with van der Waals surface area (Å²) in [4.78, 5) is 12.4. The highest BCUT2D eigenvalue weighted by Crippen LogP contribution is 2.41. The van der Waals surface area contributed by atoms with E-state index < -0.39 is 5.54 Å². The molecule has 1 aliphatic carbocycles. The molecule has 19 heavy (non-hydrogen) atoms. The Hall–Kier alpha value is -0.630. The Balaban J connectivity index is 2.23. The average Bonchev–Trinajstić information content (AvgIpc) is 3.14. The van der Waals surface area contributed by atoms with E-state index >= 15 is 0 Å². The average molecular weight is 377 g/mol. The summed E-state index contributed by atoms with van der Waals surface area (Å²) in [6.07, 6.45) is 5.90. The number of carbonyl (C=O) groups excluding carboxylic acids is 1. The van der Waals surface area contributed by atoms with Gasteiger partial charge in [-0.3, -0.25) is 4.68 Å². The van der Waals surface area contributed by atoms with Gasteiger partial charge in [0, 0.05) is 6.20 Å². The van der Waals surface area contributed by atoms with E-state index in [2.05, 4.69) is 33.0 Å². The molecule has 6 heteroatoms. The van der Waals surface area contributed by atoms with Crippen molar-refractivity contribution in [2.75, 3.05) is 13.2 Å². The summed E-state index contributed by atoms with van der Waals surface area (Å²) in [6.45, 7) is 5.55. The molecule has 1 heterocycles. The summed E-state index contributed by atoms with van der Waals surface area (Å²) in [7, 11) is 0. The van der Waals surface area contributed by atoms with E-state index in [0.29, 0.717) is 19.1 Å². The van der Waals surface area contributed by atoms with Crippen molar-refractivity contribution in [1.82, 2.24) is 15.1 Å². The quantitative estimate of drug-likeness (QED) is 0.582. The summed E-state index contributed by atoms with van der Waals surface area (Å²) >= 11 is 2.22. The molecule has 5 nitrogen and oxygen atoms in total. The number of carbonyl (C=O) groups is 1. The van der Waals surface area contributed by atoms with Gasteiger partial charge in [-0.05, 0) is 54.8 Å². The molecule has 1 aromatic rings. The van der Waals surface area contributed by atoms with Gasteiger partial charge in [0.1, 0.15) is 5.54 Å². The van der Waals surface area contributed by atoms with Crippen molar-refractivity contribution in [2.24, 2.45) is 5.92 Å². The minimum absolute atomic E-state index is 0.148. The summed E-state index contributed by atoms with van der Waals surface area (Å²) in [5.74, 6) is 0.207. The van der Waals surface area contributed by atoms with Crippen LogP contribution in [0.2, 0.25) is 0 Å². The van der Waals surface area contributed by atoms with Crippen LogP contribution in [0.15, 0.2) is 12.4 Å². The lowest BCUT2D eigenvalue weighted by Crippen LogP contribution is -2.57. The van der Waals surface area contributed by atoms with Crippen LogP contribution in [0, 0.1) is 9.49 Å². The highest BCUT2D eigenvalue weighted by atomic mass is 127. The minimum atomic E-state index is -0.625. The van der Waals surface area contributed by atoms with Crippen molar-refractivity contribution in [1.29, 1.82) is 0 Å². The van der Waals surface area contributed by atoms with Gasteiger partial charge in [0.2, 0.25) is 0 Å². The van der Waals surface area contributed by atoms with E-state index in [1.807, 2.05) is 24.7 Å². The van der Waals surface area contributed by atoms with Gasteiger partial charge in [0.15, 0.2) is 0 Å². The van der Waals surface area contributed by atoms with Crippen LogP contribution in [0.25, 0.3) is 0 Å². The summed E-state index contributed by atoms with van der Waals surface area (Å²) in [5.41, 5.74) is -0.625. The van der Waals surface area contributed by atoms with Gasteiger partial charge in [-0.1, -0.05) is 6.92 Å². The van der Waals surface area contributed by atoms with E-state index in [9.17, 15) is 4.79 Å². The maximum Gasteiger partial charge on any atom is 0.328 e. The van der Waals surface area contributed by atoms with Crippen LogP contribution < -0.4 is 5.32 Å². The number of ether oxygens (including phenoxy) is 1. The number of nitrogens with one attached hydrogen (secondary N) is 1. The van der Waals surface area contributed by atoms with Crippen LogP contribution >= 0.6 is 22.6 Å². The Labute approximate surface area is 127 Å². The topological polar surface area (TPSA) is 56.2 Å². The Kier molecular flexibility index (Phi) is 4.83. The van der Waals surface area contributed by atoms with Crippen LogP contribution in [-0.4, -0.2) is 34.4 Å². The van der Waals surface area contributed by atoms with Gasteiger partial charge in [-0.25, -0.2) is 4.79 Å². The smallest absolute Gasteiger partial charge is 0.328 e. The Morgan fingerprint density at radius 3 is 2.84 bits per heavy atom. The number of aromatic nitrogens is 2. The Morgan fingerprint density at radius 1 is 1.63 bits per heavy atom. The fraction of sp³-hybridized carbons (Fsp3) is 0.692. The van der Waals surface area contributed by atoms with Gasteiger partial charge in [0.05, 0.1) is 22.9 Å². The molecule has 1 unspecified atom stereocenters. The molecule has 0 spiro atoms.